The summed E-state index contributed by atoms with van der Waals surface area (Å²) in [7, 11) is 0. The van der Waals surface area contributed by atoms with E-state index < -0.39 is 0 Å². The molecule has 0 spiro atoms. The van der Waals surface area contributed by atoms with Crippen LogP contribution in [-0.2, 0) is 6.42 Å². The molecule has 1 fully saturated rings. The quantitative estimate of drug-likeness (QED) is 0.386. The van der Waals surface area contributed by atoms with E-state index in [1.54, 1.807) is 4.52 Å². The molecule has 1 aliphatic rings. The Labute approximate surface area is 208 Å². The number of aromatic hydroxyl groups is 1. The minimum atomic E-state index is -0.101. The van der Waals surface area contributed by atoms with Gasteiger partial charge in [0.2, 0.25) is 10.8 Å². The Balaban J connectivity index is 1.46. The van der Waals surface area contributed by atoms with E-state index in [0.29, 0.717) is 6.61 Å². The van der Waals surface area contributed by atoms with E-state index in [0.717, 1.165) is 70.3 Å². The predicted molar refractivity (Wildman–Crippen MR) is 137 cm³/mol. The van der Waals surface area contributed by atoms with Crippen LogP contribution in [0.15, 0.2) is 48.5 Å². The smallest absolute Gasteiger partial charge is 0.230 e. The van der Waals surface area contributed by atoms with Crippen LogP contribution >= 0.6 is 22.9 Å². The van der Waals surface area contributed by atoms with Gasteiger partial charge < -0.3 is 14.7 Å². The first kappa shape index (κ1) is 23.0. The molecule has 1 atom stereocenters. The normalized spacial score (nSPS) is 15.7. The third-order valence-corrected chi connectivity index (χ3v) is 7.48. The number of rotatable bonds is 7. The Hall–Kier alpha value is -2.81. The summed E-state index contributed by atoms with van der Waals surface area (Å²) in [5.41, 5.74) is 2.24. The van der Waals surface area contributed by atoms with Crippen molar-refractivity contribution in [2.45, 2.75) is 26.3 Å². The van der Waals surface area contributed by atoms with Crippen LogP contribution in [0, 0.1) is 0 Å². The maximum Gasteiger partial charge on any atom is 0.230 e. The fourth-order valence-corrected chi connectivity index (χ4v) is 5.79. The van der Waals surface area contributed by atoms with Crippen molar-refractivity contribution < 1.29 is 9.84 Å². The predicted octanol–water partition coefficient (Wildman–Crippen LogP) is 5.02. The first-order valence-electron chi connectivity index (χ1n) is 11.6. The molecule has 34 heavy (non-hydrogen) atoms. The SMILES string of the molecule is CCOc1ccc([C@H](c2sc3nc(CC)nn3c2O)N2CCN(c3cccc(Cl)c3)CC2)cc1. The maximum absolute atomic E-state index is 11.2. The van der Waals surface area contributed by atoms with Crippen LogP contribution < -0.4 is 9.64 Å². The van der Waals surface area contributed by atoms with E-state index in [9.17, 15) is 5.11 Å². The van der Waals surface area contributed by atoms with Crippen molar-refractivity contribution in [1.82, 2.24) is 19.5 Å². The van der Waals surface area contributed by atoms with Crippen LogP contribution in [0.5, 0.6) is 11.6 Å². The van der Waals surface area contributed by atoms with E-state index in [-0.39, 0.29) is 11.9 Å². The summed E-state index contributed by atoms with van der Waals surface area (Å²) in [6, 6.07) is 16.1. The second kappa shape index (κ2) is 9.82. The molecule has 0 aliphatic carbocycles. The topological polar surface area (TPSA) is 66.1 Å². The monoisotopic (exact) mass is 497 g/mol. The van der Waals surface area contributed by atoms with Crippen molar-refractivity contribution in [3.8, 4) is 11.6 Å². The summed E-state index contributed by atoms with van der Waals surface area (Å²) < 4.78 is 7.22. The number of hydrogen-bond acceptors (Lipinski definition) is 7. The summed E-state index contributed by atoms with van der Waals surface area (Å²) in [5.74, 6) is 1.75. The highest BCUT2D eigenvalue weighted by Gasteiger charge is 2.32. The molecule has 2 aromatic heterocycles. The van der Waals surface area contributed by atoms with Crippen LogP contribution in [0.25, 0.3) is 4.96 Å². The maximum atomic E-state index is 11.2. The number of aryl methyl sites for hydroxylation is 1. The molecule has 1 N–H and O–H groups in total. The zero-order chi connectivity index (χ0) is 23.7. The van der Waals surface area contributed by atoms with Gasteiger partial charge in [-0.05, 0) is 42.8 Å². The summed E-state index contributed by atoms with van der Waals surface area (Å²) >= 11 is 7.72. The van der Waals surface area contributed by atoms with Gasteiger partial charge in [-0.15, -0.1) is 5.10 Å². The summed E-state index contributed by atoms with van der Waals surface area (Å²) in [4.78, 5) is 10.9. The first-order valence-corrected chi connectivity index (χ1v) is 12.8. The fraction of sp³-hybridized carbons (Fsp3) is 0.360. The molecule has 0 unspecified atom stereocenters. The molecular weight excluding hydrogens is 470 g/mol. The number of nitrogens with zero attached hydrogens (tertiary/aromatic N) is 5. The molecule has 2 aromatic carbocycles. The van der Waals surface area contributed by atoms with Crippen molar-refractivity contribution in [2.24, 2.45) is 0 Å². The van der Waals surface area contributed by atoms with Crippen LogP contribution in [0.1, 0.15) is 36.2 Å². The summed E-state index contributed by atoms with van der Waals surface area (Å²) in [6.45, 7) is 8.05. The molecule has 1 aliphatic heterocycles. The summed E-state index contributed by atoms with van der Waals surface area (Å²) in [6.07, 6.45) is 0.733. The van der Waals surface area contributed by atoms with E-state index in [1.807, 2.05) is 44.2 Å². The van der Waals surface area contributed by atoms with Gasteiger partial charge in [0.05, 0.1) is 17.5 Å². The van der Waals surface area contributed by atoms with E-state index in [4.69, 9.17) is 16.3 Å². The highest BCUT2D eigenvalue weighted by atomic mass is 35.5. The number of fused-ring (bicyclic) bond motifs is 1. The van der Waals surface area contributed by atoms with Gasteiger partial charge in [-0.25, -0.2) is 4.98 Å². The molecule has 9 heteroatoms. The molecule has 178 valence electrons. The Kier molecular flexibility index (Phi) is 6.63. The van der Waals surface area contributed by atoms with E-state index >= 15 is 0 Å². The van der Waals surface area contributed by atoms with Crippen molar-refractivity contribution in [3.63, 3.8) is 0 Å². The molecule has 3 heterocycles. The first-order chi connectivity index (χ1) is 16.6. The van der Waals surface area contributed by atoms with Gasteiger partial charge in [-0.2, -0.15) is 4.52 Å². The second-order valence-corrected chi connectivity index (χ2v) is 9.72. The van der Waals surface area contributed by atoms with Gasteiger partial charge in [-0.1, -0.05) is 48.1 Å². The number of halogens is 1. The Morgan fingerprint density at radius 2 is 1.85 bits per heavy atom. The van der Waals surface area contributed by atoms with Crippen molar-refractivity contribution >= 4 is 33.6 Å². The lowest BCUT2D eigenvalue weighted by Crippen LogP contribution is -2.47. The molecular formula is C25H28ClN5O2S. The fourth-order valence-electron chi connectivity index (χ4n) is 4.47. The molecule has 1 saturated heterocycles. The van der Waals surface area contributed by atoms with Gasteiger partial charge in [0, 0.05) is 43.3 Å². The van der Waals surface area contributed by atoms with Crippen LogP contribution in [0.4, 0.5) is 5.69 Å². The zero-order valence-electron chi connectivity index (χ0n) is 19.3. The second-order valence-electron chi connectivity index (χ2n) is 8.27. The van der Waals surface area contributed by atoms with E-state index in [2.05, 4.69) is 38.1 Å². The van der Waals surface area contributed by atoms with Crippen LogP contribution in [0.2, 0.25) is 5.02 Å². The minimum Gasteiger partial charge on any atom is -0.494 e. The van der Waals surface area contributed by atoms with Crippen LogP contribution in [0.3, 0.4) is 0 Å². The number of anilines is 1. The molecule has 5 rings (SSSR count). The average Bonchev–Trinajstić information content (AvgIpc) is 3.40. The Morgan fingerprint density at radius 1 is 1.09 bits per heavy atom. The zero-order valence-corrected chi connectivity index (χ0v) is 20.9. The lowest BCUT2D eigenvalue weighted by molar-refractivity contribution is 0.211. The average molecular weight is 498 g/mol. The van der Waals surface area contributed by atoms with Gasteiger partial charge >= 0.3 is 0 Å². The van der Waals surface area contributed by atoms with Crippen LogP contribution in [-0.4, -0.2) is 57.4 Å². The molecule has 4 aromatic rings. The Morgan fingerprint density at radius 3 is 2.50 bits per heavy atom. The number of benzene rings is 2. The molecule has 0 amide bonds. The third-order valence-electron chi connectivity index (χ3n) is 6.17. The van der Waals surface area contributed by atoms with Crippen molar-refractivity contribution in [3.05, 3.63) is 69.8 Å². The van der Waals surface area contributed by atoms with Crippen molar-refractivity contribution in [2.75, 3.05) is 37.7 Å². The Bertz CT molecular complexity index is 1260. The molecule has 0 saturated carbocycles. The third kappa shape index (κ3) is 4.45. The molecule has 0 bridgehead atoms. The highest BCUT2D eigenvalue weighted by Crippen LogP contribution is 2.41. The largest absolute Gasteiger partial charge is 0.494 e. The lowest BCUT2D eigenvalue weighted by Gasteiger charge is -2.40. The number of aromatic nitrogens is 3. The number of hydrogen-bond donors (Lipinski definition) is 1. The number of ether oxygens (including phenoxy) is 1. The minimum absolute atomic E-state index is 0.101. The van der Waals surface area contributed by atoms with Gasteiger partial charge in [0.1, 0.15) is 5.75 Å². The number of piperazine rings is 1. The van der Waals surface area contributed by atoms with Crippen molar-refractivity contribution in [1.29, 1.82) is 0 Å². The summed E-state index contributed by atoms with van der Waals surface area (Å²) in [5, 5.41) is 16.4. The van der Waals surface area contributed by atoms with Gasteiger partial charge in [0.15, 0.2) is 5.82 Å². The molecule has 0 radical (unpaired) electrons. The van der Waals surface area contributed by atoms with Gasteiger partial charge in [0.25, 0.3) is 0 Å². The van der Waals surface area contributed by atoms with Gasteiger partial charge in [-0.3, -0.25) is 4.90 Å². The van der Waals surface area contributed by atoms with E-state index in [1.165, 1.54) is 11.3 Å². The lowest BCUT2D eigenvalue weighted by atomic mass is 10.0. The standard InChI is InChI=1S/C25H28ClN5O2S/c1-3-21-27-25-31(28-21)24(32)23(34-25)22(17-8-10-20(11-9-17)33-4-2)30-14-12-29(13-15-30)19-7-5-6-18(26)16-19/h5-11,16,22,32H,3-4,12-15H2,1-2H3/t22-/m1/s1. The highest BCUT2D eigenvalue weighted by molar-refractivity contribution is 7.17. The number of thiazole rings is 1. The molecule has 7 nitrogen and oxygen atoms in total.